The van der Waals surface area contributed by atoms with E-state index in [1.165, 1.54) is 30.2 Å². The molecule has 31 heavy (non-hydrogen) atoms. The van der Waals surface area contributed by atoms with Gasteiger partial charge in [0.1, 0.15) is 12.0 Å². The zero-order chi connectivity index (χ0) is 21.8. The molecule has 0 spiro atoms. The van der Waals surface area contributed by atoms with Crippen molar-refractivity contribution in [2.75, 3.05) is 13.1 Å². The lowest BCUT2D eigenvalue weighted by molar-refractivity contribution is 0.126. The third kappa shape index (κ3) is 4.06. The van der Waals surface area contributed by atoms with Crippen LogP contribution in [0.2, 0.25) is 0 Å². The summed E-state index contributed by atoms with van der Waals surface area (Å²) in [7, 11) is 0. The number of nitrogens with zero attached hydrogens (tertiary/aromatic N) is 2. The molecular weight excluding hydrogens is 388 g/mol. The zero-order valence-corrected chi connectivity index (χ0v) is 19.0. The van der Waals surface area contributed by atoms with E-state index in [1.54, 1.807) is 0 Å². The summed E-state index contributed by atoms with van der Waals surface area (Å²) in [5.74, 6) is 0.126. The second-order valence-corrected chi connectivity index (χ2v) is 11.2. The highest BCUT2D eigenvalue weighted by molar-refractivity contribution is 5.37. The van der Waals surface area contributed by atoms with Crippen LogP contribution in [0.5, 0.6) is 5.75 Å². The molecule has 2 bridgehead atoms. The first kappa shape index (κ1) is 20.8. The molecule has 1 aromatic carbocycles. The van der Waals surface area contributed by atoms with Crippen LogP contribution in [0.1, 0.15) is 62.3 Å². The van der Waals surface area contributed by atoms with Gasteiger partial charge in [0, 0.05) is 44.3 Å². The lowest BCUT2D eigenvalue weighted by Crippen LogP contribution is -2.35. The number of benzene rings is 1. The Kier molecular flexibility index (Phi) is 5.02. The van der Waals surface area contributed by atoms with E-state index in [-0.39, 0.29) is 5.75 Å². The summed E-state index contributed by atoms with van der Waals surface area (Å²) in [4.78, 5) is 17.3. The molecule has 2 aromatic rings. The van der Waals surface area contributed by atoms with E-state index < -0.39 is 5.63 Å². The quantitative estimate of drug-likeness (QED) is 0.796. The predicted molar refractivity (Wildman–Crippen MR) is 121 cm³/mol. The Bertz CT molecular complexity index is 1040. The van der Waals surface area contributed by atoms with Gasteiger partial charge in [-0.1, -0.05) is 45.0 Å². The topological polar surface area (TPSA) is 56.9 Å². The highest BCUT2D eigenvalue weighted by atomic mass is 16.4. The van der Waals surface area contributed by atoms with E-state index in [0.29, 0.717) is 41.1 Å². The molecule has 1 saturated carbocycles. The van der Waals surface area contributed by atoms with Crippen molar-refractivity contribution in [3.8, 4) is 5.75 Å². The van der Waals surface area contributed by atoms with Crippen LogP contribution in [0, 0.1) is 10.8 Å². The average molecular weight is 423 g/mol. The lowest BCUT2D eigenvalue weighted by atomic mass is 9.65. The van der Waals surface area contributed by atoms with Gasteiger partial charge < -0.3 is 9.52 Å². The Labute approximate surface area is 184 Å². The van der Waals surface area contributed by atoms with E-state index in [9.17, 15) is 9.90 Å². The van der Waals surface area contributed by atoms with Crippen LogP contribution in [-0.4, -0.2) is 34.0 Å². The van der Waals surface area contributed by atoms with Gasteiger partial charge >= 0.3 is 5.63 Å². The van der Waals surface area contributed by atoms with Gasteiger partial charge in [0.25, 0.3) is 0 Å². The van der Waals surface area contributed by atoms with E-state index in [0.717, 1.165) is 32.5 Å². The molecule has 5 heteroatoms. The summed E-state index contributed by atoms with van der Waals surface area (Å²) in [5.41, 5.74) is 4.08. The van der Waals surface area contributed by atoms with Crippen LogP contribution in [-0.2, 0) is 26.1 Å². The molecule has 2 aliphatic heterocycles. The molecule has 1 N–H and O–H groups in total. The van der Waals surface area contributed by atoms with Crippen molar-refractivity contribution in [2.45, 2.75) is 72.1 Å². The van der Waals surface area contributed by atoms with Gasteiger partial charge in [-0.3, -0.25) is 9.80 Å². The smallest absolute Gasteiger partial charge is 0.343 e. The van der Waals surface area contributed by atoms with Gasteiger partial charge in [-0.05, 0) is 47.6 Å². The standard InChI is InChI=1S/C26H34N2O3/c1-25(2)10-21-11-26(3,16-25)17-28(21)14-22-23(29)20(15-31-24(22)30)13-27-9-8-18-6-4-5-7-19(18)12-27/h4-7,15,21,29H,8-14,16-17H2,1-3H3/t21-,26-/m0/s1. The molecule has 1 saturated heterocycles. The Morgan fingerprint density at radius 3 is 2.71 bits per heavy atom. The Balaban J connectivity index is 1.34. The molecule has 166 valence electrons. The van der Waals surface area contributed by atoms with E-state index in [1.807, 2.05) is 0 Å². The predicted octanol–water partition coefficient (Wildman–Crippen LogP) is 4.30. The summed E-state index contributed by atoms with van der Waals surface area (Å²) in [5, 5.41) is 11.0. The van der Waals surface area contributed by atoms with Gasteiger partial charge in [-0.25, -0.2) is 4.79 Å². The summed E-state index contributed by atoms with van der Waals surface area (Å²) in [6.07, 6.45) is 5.99. The third-order valence-corrected chi connectivity index (χ3v) is 7.63. The summed E-state index contributed by atoms with van der Waals surface area (Å²) in [6, 6.07) is 9.00. The maximum absolute atomic E-state index is 12.6. The summed E-state index contributed by atoms with van der Waals surface area (Å²) >= 11 is 0. The lowest BCUT2D eigenvalue weighted by Gasteiger charge is -2.39. The molecule has 3 heterocycles. The second-order valence-electron chi connectivity index (χ2n) is 11.2. The van der Waals surface area contributed by atoms with E-state index in [4.69, 9.17) is 4.42 Å². The van der Waals surface area contributed by atoms with Crippen LogP contribution >= 0.6 is 0 Å². The Hall–Kier alpha value is -2.11. The number of aromatic hydroxyl groups is 1. The van der Waals surface area contributed by atoms with Crippen LogP contribution in [0.4, 0.5) is 0 Å². The van der Waals surface area contributed by atoms with Crippen molar-refractivity contribution < 1.29 is 9.52 Å². The monoisotopic (exact) mass is 422 g/mol. The molecular formula is C26H34N2O3. The maximum atomic E-state index is 12.6. The molecule has 0 radical (unpaired) electrons. The fourth-order valence-corrected chi connectivity index (χ4v) is 6.69. The van der Waals surface area contributed by atoms with Crippen molar-refractivity contribution in [3.05, 3.63) is 63.2 Å². The SMILES string of the molecule is CC1(C)C[C@H]2C[C@](C)(CN2Cc2c(O)c(CN3CCc4ccccc4C3)coc2=O)C1. The highest BCUT2D eigenvalue weighted by Crippen LogP contribution is 2.52. The van der Waals surface area contributed by atoms with Gasteiger partial charge in [-0.15, -0.1) is 0 Å². The molecule has 1 aliphatic carbocycles. The fraction of sp³-hybridized carbons (Fsp3) is 0.577. The summed E-state index contributed by atoms with van der Waals surface area (Å²) < 4.78 is 5.40. The highest BCUT2D eigenvalue weighted by Gasteiger charge is 2.49. The third-order valence-electron chi connectivity index (χ3n) is 7.63. The number of likely N-dealkylation sites (tertiary alicyclic amines) is 1. The van der Waals surface area contributed by atoms with Gasteiger partial charge in [0.05, 0.1) is 5.56 Å². The van der Waals surface area contributed by atoms with Crippen molar-refractivity contribution in [2.24, 2.45) is 10.8 Å². The molecule has 0 unspecified atom stereocenters. The zero-order valence-electron chi connectivity index (χ0n) is 19.0. The molecule has 1 aromatic heterocycles. The first-order valence-electron chi connectivity index (χ1n) is 11.6. The van der Waals surface area contributed by atoms with Gasteiger partial charge in [0.2, 0.25) is 0 Å². The minimum absolute atomic E-state index is 0.126. The van der Waals surface area contributed by atoms with Crippen LogP contribution in [0.25, 0.3) is 0 Å². The van der Waals surface area contributed by atoms with Crippen molar-refractivity contribution in [1.29, 1.82) is 0 Å². The van der Waals surface area contributed by atoms with E-state index >= 15 is 0 Å². The van der Waals surface area contributed by atoms with Crippen molar-refractivity contribution in [3.63, 3.8) is 0 Å². The van der Waals surface area contributed by atoms with Gasteiger partial charge in [0.15, 0.2) is 0 Å². The molecule has 2 atom stereocenters. The number of hydrogen-bond acceptors (Lipinski definition) is 5. The van der Waals surface area contributed by atoms with Crippen LogP contribution < -0.4 is 5.63 Å². The molecule has 0 amide bonds. The summed E-state index contributed by atoms with van der Waals surface area (Å²) in [6.45, 7) is 10.9. The molecule has 5 nitrogen and oxygen atoms in total. The number of rotatable bonds is 4. The van der Waals surface area contributed by atoms with Crippen molar-refractivity contribution in [1.82, 2.24) is 9.80 Å². The van der Waals surface area contributed by atoms with Crippen molar-refractivity contribution >= 4 is 0 Å². The number of hydrogen-bond donors (Lipinski definition) is 1. The first-order valence-corrected chi connectivity index (χ1v) is 11.6. The molecule has 2 fully saturated rings. The number of fused-ring (bicyclic) bond motifs is 3. The fourth-order valence-electron chi connectivity index (χ4n) is 6.69. The minimum Gasteiger partial charge on any atom is -0.507 e. The first-order chi connectivity index (χ1) is 14.7. The van der Waals surface area contributed by atoms with E-state index in [2.05, 4.69) is 54.8 Å². The second kappa shape index (κ2) is 7.49. The van der Waals surface area contributed by atoms with Crippen LogP contribution in [0.15, 0.2) is 39.7 Å². The van der Waals surface area contributed by atoms with Crippen LogP contribution in [0.3, 0.4) is 0 Å². The Morgan fingerprint density at radius 2 is 1.90 bits per heavy atom. The average Bonchev–Trinajstić information content (AvgIpc) is 2.95. The normalized spacial score (nSPS) is 27.9. The van der Waals surface area contributed by atoms with Gasteiger partial charge in [-0.2, -0.15) is 0 Å². The maximum Gasteiger partial charge on any atom is 0.343 e. The Morgan fingerprint density at radius 1 is 1.13 bits per heavy atom. The molecule has 5 rings (SSSR count). The molecule has 3 aliphatic rings. The minimum atomic E-state index is -0.406. The largest absolute Gasteiger partial charge is 0.507 e.